The van der Waals surface area contributed by atoms with Crippen molar-refractivity contribution in [3.8, 4) is 0 Å². The number of aromatic amines is 1. The summed E-state index contributed by atoms with van der Waals surface area (Å²) < 4.78 is 4.90. The van der Waals surface area contributed by atoms with Gasteiger partial charge in [-0.1, -0.05) is 0 Å². The van der Waals surface area contributed by atoms with Crippen LogP contribution in [0, 0.1) is 0 Å². The van der Waals surface area contributed by atoms with Crippen LogP contribution in [0.15, 0.2) is 6.20 Å². The summed E-state index contributed by atoms with van der Waals surface area (Å²) in [4.78, 5) is 22.0. The Morgan fingerprint density at radius 3 is 3.00 bits per heavy atom. The van der Waals surface area contributed by atoms with Gasteiger partial charge in [-0.2, -0.15) is 0 Å². The molecule has 0 radical (unpaired) electrons. The van der Waals surface area contributed by atoms with Gasteiger partial charge in [-0.05, 0) is 39.3 Å². The molecule has 2 fully saturated rings. The molecule has 1 saturated heterocycles. The van der Waals surface area contributed by atoms with Crippen LogP contribution in [-0.4, -0.2) is 48.1 Å². The van der Waals surface area contributed by atoms with Gasteiger partial charge in [-0.3, -0.25) is 4.79 Å². The molecule has 1 aromatic heterocycles. The molecule has 1 saturated carbocycles. The number of esters is 1. The maximum absolute atomic E-state index is 11.8. The number of hydrogen-bond donors (Lipinski definition) is 1. The fourth-order valence-electron chi connectivity index (χ4n) is 3.06. The monoisotopic (exact) mass is 263 g/mol. The predicted molar refractivity (Wildman–Crippen MR) is 71.0 cm³/mol. The molecule has 1 N–H and O–H groups in total. The van der Waals surface area contributed by atoms with Crippen LogP contribution in [0.1, 0.15) is 43.1 Å². The number of likely N-dealkylation sites (tertiary alicyclic amines) is 1. The van der Waals surface area contributed by atoms with E-state index in [1.54, 1.807) is 0 Å². The molecule has 2 aliphatic rings. The molecule has 1 aromatic rings. The molecule has 0 amide bonds. The lowest BCUT2D eigenvalue weighted by molar-refractivity contribution is -0.143. The summed E-state index contributed by atoms with van der Waals surface area (Å²) >= 11 is 0. The van der Waals surface area contributed by atoms with Gasteiger partial charge in [0.15, 0.2) is 0 Å². The second-order valence-corrected chi connectivity index (χ2v) is 5.86. The van der Waals surface area contributed by atoms with Crippen molar-refractivity contribution < 1.29 is 9.53 Å². The summed E-state index contributed by atoms with van der Waals surface area (Å²) in [6, 6.07) is 0. The van der Waals surface area contributed by atoms with E-state index in [1.807, 2.05) is 6.20 Å². The number of carbonyl (C=O) groups is 1. The number of ether oxygens (including phenoxy) is 1. The molecule has 1 atom stereocenters. The van der Waals surface area contributed by atoms with Crippen molar-refractivity contribution in [2.24, 2.45) is 0 Å². The molecule has 5 nitrogen and oxygen atoms in total. The van der Waals surface area contributed by atoms with Crippen molar-refractivity contribution >= 4 is 5.97 Å². The van der Waals surface area contributed by atoms with Crippen molar-refractivity contribution in [2.45, 2.75) is 37.0 Å². The summed E-state index contributed by atoms with van der Waals surface area (Å²) in [5.74, 6) is 1.14. The number of imidazole rings is 1. The first-order valence-electron chi connectivity index (χ1n) is 6.98. The summed E-state index contributed by atoms with van der Waals surface area (Å²) in [6.45, 7) is 2.23. The lowest BCUT2D eigenvalue weighted by Crippen LogP contribution is -2.31. The van der Waals surface area contributed by atoms with E-state index in [2.05, 4.69) is 21.9 Å². The predicted octanol–water partition coefficient (Wildman–Crippen LogP) is 1.42. The van der Waals surface area contributed by atoms with Crippen LogP contribution in [0.2, 0.25) is 0 Å². The molecule has 0 bridgehead atoms. The Morgan fingerprint density at radius 1 is 1.58 bits per heavy atom. The standard InChI is InChI=1S/C14H21N3O2/c1-17-7-3-4-10(9-17)11-8-15-12(16-11)14(5-6-14)13(18)19-2/h8,10H,3-7,9H2,1-2H3,(H,15,16). The van der Waals surface area contributed by atoms with Crippen LogP contribution in [0.25, 0.3) is 0 Å². The SMILES string of the molecule is COC(=O)C1(c2ncc(C3CCCN(C)C3)[nH]2)CC1. The van der Waals surface area contributed by atoms with Crippen LogP contribution >= 0.6 is 0 Å². The number of nitrogens with zero attached hydrogens (tertiary/aromatic N) is 2. The third-order valence-corrected chi connectivity index (χ3v) is 4.44. The quantitative estimate of drug-likeness (QED) is 0.838. The average molecular weight is 263 g/mol. The number of methoxy groups -OCH3 is 1. The fraction of sp³-hybridized carbons (Fsp3) is 0.714. The van der Waals surface area contributed by atoms with E-state index in [1.165, 1.54) is 26.5 Å². The Balaban J connectivity index is 1.78. The Kier molecular flexibility index (Phi) is 3.09. The summed E-state index contributed by atoms with van der Waals surface area (Å²) in [7, 11) is 3.60. The molecule has 0 aromatic carbocycles. The van der Waals surface area contributed by atoms with Crippen LogP contribution in [-0.2, 0) is 14.9 Å². The number of hydrogen-bond acceptors (Lipinski definition) is 4. The Labute approximate surface area is 113 Å². The lowest BCUT2D eigenvalue weighted by atomic mass is 9.96. The number of aromatic nitrogens is 2. The van der Waals surface area contributed by atoms with Crippen LogP contribution < -0.4 is 0 Å². The van der Waals surface area contributed by atoms with Crippen molar-refractivity contribution in [3.63, 3.8) is 0 Å². The summed E-state index contributed by atoms with van der Waals surface area (Å²) in [6.07, 6.45) is 6.01. The normalized spacial score (nSPS) is 26.1. The molecule has 104 valence electrons. The van der Waals surface area contributed by atoms with Crippen LogP contribution in [0.5, 0.6) is 0 Å². The first-order chi connectivity index (χ1) is 9.15. The van der Waals surface area contributed by atoms with Crippen LogP contribution in [0.3, 0.4) is 0 Å². The number of carbonyl (C=O) groups excluding carboxylic acids is 1. The third-order valence-electron chi connectivity index (χ3n) is 4.44. The minimum atomic E-state index is -0.479. The van der Waals surface area contributed by atoms with Gasteiger partial charge in [0.2, 0.25) is 0 Å². The largest absolute Gasteiger partial charge is 0.468 e. The Hall–Kier alpha value is -1.36. The van der Waals surface area contributed by atoms with Gasteiger partial charge in [-0.15, -0.1) is 0 Å². The molecular weight excluding hydrogens is 242 g/mol. The molecule has 0 spiro atoms. The summed E-state index contributed by atoms with van der Waals surface area (Å²) in [5.41, 5.74) is 0.685. The van der Waals surface area contributed by atoms with E-state index >= 15 is 0 Å². The molecule has 1 aliphatic heterocycles. The molecule has 1 unspecified atom stereocenters. The van der Waals surface area contributed by atoms with Gasteiger partial charge in [0.25, 0.3) is 0 Å². The molecule has 19 heavy (non-hydrogen) atoms. The van der Waals surface area contributed by atoms with Gasteiger partial charge in [0.1, 0.15) is 11.2 Å². The topological polar surface area (TPSA) is 58.2 Å². The highest BCUT2D eigenvalue weighted by Gasteiger charge is 2.55. The average Bonchev–Trinajstić information content (AvgIpc) is 3.08. The molecule has 2 heterocycles. The third kappa shape index (κ3) is 2.16. The van der Waals surface area contributed by atoms with Gasteiger partial charge in [0.05, 0.1) is 7.11 Å². The van der Waals surface area contributed by atoms with Gasteiger partial charge >= 0.3 is 5.97 Å². The first kappa shape index (κ1) is 12.7. The lowest BCUT2D eigenvalue weighted by Gasteiger charge is -2.28. The second-order valence-electron chi connectivity index (χ2n) is 5.86. The van der Waals surface area contributed by atoms with Crippen molar-refractivity contribution in [1.82, 2.24) is 14.9 Å². The Morgan fingerprint density at radius 2 is 2.37 bits per heavy atom. The molecular formula is C14H21N3O2. The zero-order valence-electron chi connectivity index (χ0n) is 11.6. The van der Waals surface area contributed by atoms with Gasteiger partial charge in [-0.25, -0.2) is 4.98 Å². The number of H-pyrrole nitrogens is 1. The number of likely N-dealkylation sites (N-methyl/N-ethyl adjacent to an activating group) is 1. The molecule has 5 heteroatoms. The highest BCUT2D eigenvalue weighted by molar-refractivity contribution is 5.85. The first-order valence-corrected chi connectivity index (χ1v) is 6.98. The van der Waals surface area contributed by atoms with E-state index in [0.29, 0.717) is 5.92 Å². The van der Waals surface area contributed by atoms with Crippen molar-refractivity contribution in [2.75, 3.05) is 27.2 Å². The van der Waals surface area contributed by atoms with Gasteiger partial charge < -0.3 is 14.6 Å². The maximum atomic E-state index is 11.8. The highest BCUT2D eigenvalue weighted by Crippen LogP contribution is 2.48. The maximum Gasteiger partial charge on any atom is 0.319 e. The van der Waals surface area contributed by atoms with E-state index in [4.69, 9.17) is 4.74 Å². The molecule has 3 rings (SSSR count). The van der Waals surface area contributed by atoms with E-state index in [0.717, 1.165) is 30.9 Å². The fourth-order valence-corrected chi connectivity index (χ4v) is 3.06. The minimum Gasteiger partial charge on any atom is -0.468 e. The second kappa shape index (κ2) is 4.63. The zero-order chi connectivity index (χ0) is 13.5. The zero-order valence-corrected chi connectivity index (χ0v) is 11.6. The minimum absolute atomic E-state index is 0.158. The van der Waals surface area contributed by atoms with Gasteiger partial charge in [0, 0.05) is 24.4 Å². The Bertz CT molecular complexity index is 479. The highest BCUT2D eigenvalue weighted by atomic mass is 16.5. The van der Waals surface area contributed by atoms with Crippen molar-refractivity contribution in [3.05, 3.63) is 17.7 Å². The number of rotatable bonds is 3. The number of nitrogens with one attached hydrogen (secondary N) is 1. The number of piperidine rings is 1. The van der Waals surface area contributed by atoms with E-state index < -0.39 is 5.41 Å². The van der Waals surface area contributed by atoms with E-state index in [-0.39, 0.29) is 5.97 Å². The molecule has 1 aliphatic carbocycles. The van der Waals surface area contributed by atoms with E-state index in [9.17, 15) is 4.79 Å². The summed E-state index contributed by atoms with van der Waals surface area (Å²) in [5, 5.41) is 0. The van der Waals surface area contributed by atoms with Crippen LogP contribution in [0.4, 0.5) is 0 Å². The van der Waals surface area contributed by atoms with Crippen molar-refractivity contribution in [1.29, 1.82) is 0 Å². The smallest absolute Gasteiger partial charge is 0.319 e.